The average molecular weight is 387 g/mol. The molecule has 1 N–H and O–H groups in total. The zero-order valence-electron chi connectivity index (χ0n) is 15.5. The lowest BCUT2D eigenvalue weighted by Gasteiger charge is -2.25. The molecule has 5 heteroatoms. The summed E-state index contributed by atoms with van der Waals surface area (Å²) >= 11 is 0. The number of amides is 1. The summed E-state index contributed by atoms with van der Waals surface area (Å²) in [4.78, 5) is 27.2. The largest absolute Gasteiger partial charge is 0.507 e. The van der Waals surface area contributed by atoms with E-state index in [1.807, 2.05) is 60.7 Å². The Bertz CT molecular complexity index is 1080. The van der Waals surface area contributed by atoms with Crippen LogP contribution in [0.15, 0.2) is 90.5 Å². The van der Waals surface area contributed by atoms with Gasteiger partial charge >= 0.3 is 0 Å². The quantitative estimate of drug-likeness (QED) is 0.409. The number of carbonyl (C=O) groups excluding carboxylic acids is 2. The predicted molar refractivity (Wildman–Crippen MR) is 107 cm³/mol. The molecule has 3 aromatic rings. The standard InChI is InChI=1S/C24H18FNO3/c25-19-13-11-18(12-14-19)22(27)20-21(17-9-5-2-6-10-17)26(24(29)23(20)28)15-16-7-3-1-4-8-16/h1-14,21,27H,15H2/b22-20+. The summed E-state index contributed by atoms with van der Waals surface area (Å²) in [5, 5.41) is 10.9. The molecule has 0 radical (unpaired) electrons. The highest BCUT2D eigenvalue weighted by atomic mass is 19.1. The summed E-state index contributed by atoms with van der Waals surface area (Å²) in [5.41, 5.74) is 1.87. The number of hydrogen-bond acceptors (Lipinski definition) is 3. The lowest BCUT2D eigenvalue weighted by molar-refractivity contribution is -0.140. The van der Waals surface area contributed by atoms with Crippen LogP contribution in [-0.2, 0) is 16.1 Å². The van der Waals surface area contributed by atoms with Gasteiger partial charge in [-0.2, -0.15) is 0 Å². The van der Waals surface area contributed by atoms with Gasteiger partial charge < -0.3 is 10.0 Å². The molecule has 0 aromatic heterocycles. The third-order valence-electron chi connectivity index (χ3n) is 4.97. The fourth-order valence-corrected chi connectivity index (χ4v) is 3.57. The Balaban J connectivity index is 1.85. The van der Waals surface area contributed by atoms with Crippen LogP contribution in [0.5, 0.6) is 0 Å². The van der Waals surface area contributed by atoms with Crippen LogP contribution in [0.25, 0.3) is 5.76 Å². The van der Waals surface area contributed by atoms with E-state index in [4.69, 9.17) is 0 Å². The third kappa shape index (κ3) is 3.55. The molecule has 4 rings (SSSR count). The van der Waals surface area contributed by atoms with Crippen LogP contribution in [0.2, 0.25) is 0 Å². The molecular weight excluding hydrogens is 369 g/mol. The molecule has 0 bridgehead atoms. The first kappa shape index (κ1) is 18.6. The van der Waals surface area contributed by atoms with Crippen LogP contribution < -0.4 is 0 Å². The van der Waals surface area contributed by atoms with Crippen molar-refractivity contribution in [2.45, 2.75) is 12.6 Å². The van der Waals surface area contributed by atoms with Crippen LogP contribution in [-0.4, -0.2) is 21.7 Å². The van der Waals surface area contributed by atoms with Gasteiger partial charge in [0.05, 0.1) is 11.6 Å². The molecule has 1 amide bonds. The first-order valence-electron chi connectivity index (χ1n) is 9.19. The minimum absolute atomic E-state index is 0.00346. The molecule has 3 aromatic carbocycles. The Kier molecular flexibility index (Phi) is 4.96. The highest BCUT2D eigenvalue weighted by Gasteiger charge is 2.45. The zero-order valence-corrected chi connectivity index (χ0v) is 15.5. The second-order valence-corrected chi connectivity index (χ2v) is 6.83. The van der Waals surface area contributed by atoms with Gasteiger partial charge in [0.2, 0.25) is 0 Å². The maximum absolute atomic E-state index is 13.3. The minimum atomic E-state index is -0.753. The van der Waals surface area contributed by atoms with Crippen molar-refractivity contribution in [3.8, 4) is 0 Å². The van der Waals surface area contributed by atoms with Gasteiger partial charge in [-0.1, -0.05) is 60.7 Å². The molecule has 4 nitrogen and oxygen atoms in total. The normalized spacial score (nSPS) is 18.2. The van der Waals surface area contributed by atoms with Gasteiger partial charge in [0.15, 0.2) is 0 Å². The molecule has 1 heterocycles. The topological polar surface area (TPSA) is 57.6 Å². The van der Waals surface area contributed by atoms with Crippen molar-refractivity contribution in [2.75, 3.05) is 0 Å². The van der Waals surface area contributed by atoms with Gasteiger partial charge in [0.25, 0.3) is 11.7 Å². The Morgan fingerprint density at radius 3 is 2.07 bits per heavy atom. The van der Waals surface area contributed by atoms with E-state index in [9.17, 15) is 19.1 Å². The van der Waals surface area contributed by atoms with Crippen molar-refractivity contribution in [2.24, 2.45) is 0 Å². The number of halogens is 1. The number of rotatable bonds is 4. The molecule has 1 unspecified atom stereocenters. The number of aliphatic hydroxyl groups is 1. The van der Waals surface area contributed by atoms with Gasteiger partial charge in [-0.25, -0.2) is 4.39 Å². The van der Waals surface area contributed by atoms with E-state index in [0.29, 0.717) is 5.56 Å². The molecule has 1 fully saturated rings. The van der Waals surface area contributed by atoms with E-state index < -0.39 is 23.5 Å². The van der Waals surface area contributed by atoms with E-state index in [0.717, 1.165) is 5.56 Å². The molecule has 0 saturated carbocycles. The van der Waals surface area contributed by atoms with Gasteiger partial charge in [-0.05, 0) is 35.4 Å². The van der Waals surface area contributed by atoms with Crippen molar-refractivity contribution >= 4 is 17.4 Å². The van der Waals surface area contributed by atoms with Crippen LogP contribution in [0.3, 0.4) is 0 Å². The van der Waals surface area contributed by atoms with E-state index in [2.05, 4.69) is 0 Å². The number of carbonyl (C=O) groups is 2. The lowest BCUT2D eigenvalue weighted by atomic mass is 9.95. The van der Waals surface area contributed by atoms with Crippen LogP contribution in [0.1, 0.15) is 22.7 Å². The van der Waals surface area contributed by atoms with E-state index in [-0.39, 0.29) is 23.4 Å². The highest BCUT2D eigenvalue weighted by Crippen LogP contribution is 2.40. The van der Waals surface area contributed by atoms with Crippen LogP contribution >= 0.6 is 0 Å². The number of benzene rings is 3. The van der Waals surface area contributed by atoms with Crippen molar-refractivity contribution < 1.29 is 19.1 Å². The summed E-state index contributed by atoms with van der Waals surface area (Å²) in [6.07, 6.45) is 0. The summed E-state index contributed by atoms with van der Waals surface area (Å²) in [7, 11) is 0. The molecule has 1 aliphatic rings. The van der Waals surface area contributed by atoms with Crippen LogP contribution in [0.4, 0.5) is 4.39 Å². The number of aliphatic hydroxyl groups excluding tert-OH is 1. The maximum Gasteiger partial charge on any atom is 0.295 e. The van der Waals surface area contributed by atoms with Crippen LogP contribution in [0, 0.1) is 5.82 Å². The summed E-state index contributed by atoms with van der Waals surface area (Å²) in [6.45, 7) is 0.227. The van der Waals surface area contributed by atoms with Gasteiger partial charge in [-0.3, -0.25) is 9.59 Å². The number of nitrogens with zero attached hydrogens (tertiary/aromatic N) is 1. The highest BCUT2D eigenvalue weighted by molar-refractivity contribution is 6.46. The van der Waals surface area contributed by atoms with Gasteiger partial charge in [0.1, 0.15) is 11.6 Å². The SMILES string of the molecule is O=C1C(=O)N(Cc2ccccc2)C(c2ccccc2)/C1=C(\O)c1ccc(F)cc1. The molecule has 1 saturated heterocycles. The monoisotopic (exact) mass is 387 g/mol. The number of hydrogen-bond donors (Lipinski definition) is 1. The summed E-state index contributed by atoms with van der Waals surface area (Å²) in [6, 6.07) is 22.9. The summed E-state index contributed by atoms with van der Waals surface area (Å²) < 4.78 is 13.3. The van der Waals surface area contributed by atoms with E-state index in [1.165, 1.54) is 29.2 Å². The predicted octanol–water partition coefficient (Wildman–Crippen LogP) is 4.45. The van der Waals surface area contributed by atoms with Crippen molar-refractivity contribution in [3.05, 3.63) is 113 Å². The van der Waals surface area contributed by atoms with E-state index in [1.54, 1.807) is 0 Å². The van der Waals surface area contributed by atoms with E-state index >= 15 is 0 Å². The molecule has 0 aliphatic carbocycles. The van der Waals surface area contributed by atoms with Crippen molar-refractivity contribution in [1.29, 1.82) is 0 Å². The first-order valence-corrected chi connectivity index (χ1v) is 9.19. The van der Waals surface area contributed by atoms with Gasteiger partial charge in [-0.15, -0.1) is 0 Å². The first-order chi connectivity index (χ1) is 14.1. The lowest BCUT2D eigenvalue weighted by Crippen LogP contribution is -2.29. The molecule has 1 atom stereocenters. The number of ketones is 1. The summed E-state index contributed by atoms with van der Waals surface area (Å²) in [5.74, 6) is -2.19. The fourth-order valence-electron chi connectivity index (χ4n) is 3.57. The smallest absolute Gasteiger partial charge is 0.295 e. The zero-order chi connectivity index (χ0) is 20.4. The Morgan fingerprint density at radius 1 is 0.862 bits per heavy atom. The number of likely N-dealkylation sites (tertiary alicyclic amines) is 1. The fraction of sp³-hybridized carbons (Fsp3) is 0.0833. The molecule has 29 heavy (non-hydrogen) atoms. The maximum atomic E-state index is 13.3. The van der Waals surface area contributed by atoms with Crippen molar-refractivity contribution in [3.63, 3.8) is 0 Å². The van der Waals surface area contributed by atoms with Gasteiger partial charge in [0, 0.05) is 12.1 Å². The minimum Gasteiger partial charge on any atom is -0.507 e. The van der Waals surface area contributed by atoms with Crippen molar-refractivity contribution in [1.82, 2.24) is 4.90 Å². The number of Topliss-reactive ketones (excluding diaryl/α,β-unsaturated/α-hetero) is 1. The molecule has 144 valence electrons. The second-order valence-electron chi connectivity index (χ2n) is 6.83. The molecule has 1 aliphatic heterocycles. The Morgan fingerprint density at radius 2 is 1.45 bits per heavy atom. The molecular formula is C24H18FNO3. The molecule has 0 spiro atoms. The Labute approximate surface area is 167 Å². The average Bonchev–Trinajstić information content (AvgIpc) is 3.00. The second kappa shape index (κ2) is 7.72. The third-order valence-corrected chi connectivity index (χ3v) is 4.97. The Hall–Kier alpha value is -3.73.